The highest BCUT2D eigenvalue weighted by Gasteiger charge is 2.08. The van der Waals surface area contributed by atoms with E-state index in [1.54, 1.807) is 32.0 Å². The first-order chi connectivity index (χ1) is 9.43. The van der Waals surface area contributed by atoms with Crippen LogP contribution in [0.25, 0.3) is 0 Å². The molecule has 0 saturated heterocycles. The zero-order valence-electron chi connectivity index (χ0n) is 11.3. The predicted molar refractivity (Wildman–Crippen MR) is 75.5 cm³/mol. The summed E-state index contributed by atoms with van der Waals surface area (Å²) in [5, 5.41) is 13.7. The molecule has 20 heavy (non-hydrogen) atoms. The second kappa shape index (κ2) is 7.08. The largest absolute Gasteiger partial charge is 0.478 e. The van der Waals surface area contributed by atoms with Crippen LogP contribution in [-0.4, -0.2) is 22.9 Å². The molecule has 0 aliphatic heterocycles. The Morgan fingerprint density at radius 3 is 2.30 bits per heavy atom. The molecule has 0 aliphatic carbocycles. The summed E-state index contributed by atoms with van der Waals surface area (Å²) in [6.45, 7) is 3.49. The van der Waals surface area contributed by atoms with Crippen LogP contribution in [0.1, 0.15) is 18.9 Å². The van der Waals surface area contributed by atoms with Gasteiger partial charge in [-0.3, -0.25) is 9.59 Å². The summed E-state index contributed by atoms with van der Waals surface area (Å²) >= 11 is 0. The van der Waals surface area contributed by atoms with Gasteiger partial charge in [0.2, 0.25) is 11.8 Å². The Balaban J connectivity index is 2.86. The fourth-order valence-electron chi connectivity index (χ4n) is 1.47. The molecule has 0 fully saturated rings. The van der Waals surface area contributed by atoms with Gasteiger partial charge in [0, 0.05) is 29.9 Å². The number of hydrogen-bond donors (Lipinski definition) is 3. The quantitative estimate of drug-likeness (QED) is 0.716. The Morgan fingerprint density at radius 1 is 1.15 bits per heavy atom. The number of carbonyl (C=O) groups is 3. The fourth-order valence-corrected chi connectivity index (χ4v) is 1.47. The molecule has 1 rings (SSSR count). The van der Waals surface area contributed by atoms with Crippen molar-refractivity contribution in [2.45, 2.75) is 20.3 Å². The van der Waals surface area contributed by atoms with Crippen molar-refractivity contribution in [1.82, 2.24) is 0 Å². The second-order valence-corrected chi connectivity index (χ2v) is 4.04. The van der Waals surface area contributed by atoms with E-state index in [2.05, 4.69) is 10.6 Å². The van der Waals surface area contributed by atoms with Gasteiger partial charge in [-0.25, -0.2) is 4.79 Å². The lowest BCUT2D eigenvalue weighted by Crippen LogP contribution is -2.13. The maximum atomic E-state index is 11.5. The lowest BCUT2D eigenvalue weighted by molar-refractivity contribution is -0.131. The van der Waals surface area contributed by atoms with Crippen molar-refractivity contribution in [3.63, 3.8) is 0 Å². The van der Waals surface area contributed by atoms with Gasteiger partial charge in [-0.1, -0.05) is 13.0 Å². The molecule has 0 heterocycles. The summed E-state index contributed by atoms with van der Waals surface area (Å²) in [7, 11) is 0. The molecule has 1 aromatic carbocycles. The normalized spacial score (nSPS) is 10.3. The Bertz CT molecular complexity index is 564. The average molecular weight is 276 g/mol. The Labute approximate surface area is 116 Å². The highest BCUT2D eigenvalue weighted by molar-refractivity contribution is 6.03. The third kappa shape index (κ3) is 4.56. The summed E-state index contributed by atoms with van der Waals surface area (Å²) < 4.78 is 0. The van der Waals surface area contributed by atoms with E-state index in [0.717, 1.165) is 12.2 Å². The molecule has 2 amide bonds. The lowest BCUT2D eigenvalue weighted by Gasteiger charge is -2.12. The first-order valence-corrected chi connectivity index (χ1v) is 6.05. The molecule has 0 aliphatic rings. The van der Waals surface area contributed by atoms with Gasteiger partial charge in [0.25, 0.3) is 0 Å². The maximum absolute atomic E-state index is 11.5. The number of amides is 2. The van der Waals surface area contributed by atoms with E-state index in [1.165, 1.54) is 0 Å². The maximum Gasteiger partial charge on any atom is 0.328 e. The third-order valence-corrected chi connectivity index (χ3v) is 2.56. The molecule has 0 aromatic heterocycles. The standard InChI is InChI=1S/C14H16N2O4/c1-3-12(17)15-10-5-4-6-11(9(10)2)16-13(18)7-8-14(19)20/h4-8H,3H2,1-2H3,(H,15,17)(H,16,18)(H,19,20)/b8-7+. The van der Waals surface area contributed by atoms with Crippen LogP contribution in [0.15, 0.2) is 30.4 Å². The topological polar surface area (TPSA) is 95.5 Å². The van der Waals surface area contributed by atoms with Crippen molar-refractivity contribution >= 4 is 29.2 Å². The van der Waals surface area contributed by atoms with Gasteiger partial charge in [-0.05, 0) is 24.6 Å². The molecule has 3 N–H and O–H groups in total. The van der Waals surface area contributed by atoms with E-state index in [-0.39, 0.29) is 5.91 Å². The van der Waals surface area contributed by atoms with Gasteiger partial charge in [0.05, 0.1) is 0 Å². The van der Waals surface area contributed by atoms with Gasteiger partial charge < -0.3 is 15.7 Å². The molecule has 0 atom stereocenters. The molecule has 0 saturated carbocycles. The molecule has 106 valence electrons. The van der Waals surface area contributed by atoms with Gasteiger partial charge in [0.1, 0.15) is 0 Å². The van der Waals surface area contributed by atoms with Crippen LogP contribution in [0.5, 0.6) is 0 Å². The van der Waals surface area contributed by atoms with Crippen LogP contribution in [-0.2, 0) is 14.4 Å². The lowest BCUT2D eigenvalue weighted by atomic mass is 10.1. The van der Waals surface area contributed by atoms with Gasteiger partial charge in [-0.2, -0.15) is 0 Å². The average Bonchev–Trinajstić information content (AvgIpc) is 2.40. The number of carbonyl (C=O) groups excluding carboxylic acids is 2. The minimum absolute atomic E-state index is 0.123. The summed E-state index contributed by atoms with van der Waals surface area (Å²) in [6, 6.07) is 5.09. The smallest absolute Gasteiger partial charge is 0.328 e. The van der Waals surface area contributed by atoms with E-state index in [0.29, 0.717) is 23.4 Å². The van der Waals surface area contributed by atoms with E-state index in [1.807, 2.05) is 0 Å². The summed E-state index contributed by atoms with van der Waals surface area (Å²) in [5.74, 6) is -1.86. The first-order valence-electron chi connectivity index (χ1n) is 6.05. The van der Waals surface area contributed by atoms with Gasteiger partial charge >= 0.3 is 5.97 Å². The van der Waals surface area contributed by atoms with Crippen LogP contribution < -0.4 is 10.6 Å². The third-order valence-electron chi connectivity index (χ3n) is 2.56. The summed E-state index contributed by atoms with van der Waals surface area (Å²) in [6.07, 6.45) is 2.05. The predicted octanol–water partition coefficient (Wildman–Crippen LogP) is 1.92. The van der Waals surface area contributed by atoms with Crippen molar-refractivity contribution in [3.8, 4) is 0 Å². The number of benzene rings is 1. The molecular weight excluding hydrogens is 260 g/mol. The number of nitrogens with one attached hydrogen (secondary N) is 2. The number of anilines is 2. The second-order valence-electron chi connectivity index (χ2n) is 4.04. The molecule has 0 spiro atoms. The molecule has 0 unspecified atom stereocenters. The van der Waals surface area contributed by atoms with Crippen LogP contribution >= 0.6 is 0 Å². The Morgan fingerprint density at radius 2 is 1.75 bits per heavy atom. The number of hydrogen-bond acceptors (Lipinski definition) is 3. The van der Waals surface area contributed by atoms with Crippen molar-refractivity contribution < 1.29 is 19.5 Å². The number of rotatable bonds is 5. The fraction of sp³-hybridized carbons (Fsp3) is 0.214. The summed E-state index contributed by atoms with van der Waals surface area (Å²) in [4.78, 5) is 33.2. The molecule has 6 heteroatoms. The SMILES string of the molecule is CCC(=O)Nc1cccc(NC(=O)/C=C/C(=O)O)c1C. The zero-order valence-corrected chi connectivity index (χ0v) is 11.3. The zero-order chi connectivity index (χ0) is 15.1. The van der Waals surface area contributed by atoms with Crippen molar-refractivity contribution in [2.24, 2.45) is 0 Å². The van der Waals surface area contributed by atoms with E-state index >= 15 is 0 Å². The molecule has 0 radical (unpaired) electrons. The van der Waals surface area contributed by atoms with E-state index in [4.69, 9.17) is 5.11 Å². The molecule has 6 nitrogen and oxygen atoms in total. The minimum Gasteiger partial charge on any atom is -0.478 e. The highest BCUT2D eigenvalue weighted by atomic mass is 16.4. The van der Waals surface area contributed by atoms with E-state index < -0.39 is 11.9 Å². The van der Waals surface area contributed by atoms with Gasteiger partial charge in [-0.15, -0.1) is 0 Å². The number of carboxylic acids is 1. The van der Waals surface area contributed by atoms with E-state index in [9.17, 15) is 14.4 Å². The molecular formula is C14H16N2O4. The first kappa shape index (κ1) is 15.4. The van der Waals surface area contributed by atoms with Crippen LogP contribution in [0.3, 0.4) is 0 Å². The summed E-state index contributed by atoms with van der Waals surface area (Å²) in [5.41, 5.74) is 1.82. The van der Waals surface area contributed by atoms with Crippen LogP contribution in [0, 0.1) is 6.92 Å². The molecule has 1 aromatic rings. The van der Waals surface area contributed by atoms with Gasteiger partial charge in [0.15, 0.2) is 0 Å². The van der Waals surface area contributed by atoms with Crippen molar-refractivity contribution in [3.05, 3.63) is 35.9 Å². The highest BCUT2D eigenvalue weighted by Crippen LogP contribution is 2.23. The van der Waals surface area contributed by atoms with Crippen LogP contribution in [0.2, 0.25) is 0 Å². The Hall–Kier alpha value is -2.63. The Kier molecular flexibility index (Phi) is 5.46. The monoisotopic (exact) mass is 276 g/mol. The number of carboxylic acid groups (broad SMARTS) is 1. The minimum atomic E-state index is -1.19. The van der Waals surface area contributed by atoms with Crippen molar-refractivity contribution in [2.75, 3.05) is 10.6 Å². The van der Waals surface area contributed by atoms with Crippen molar-refractivity contribution in [1.29, 1.82) is 0 Å². The molecule has 0 bridgehead atoms. The number of aliphatic carboxylic acids is 1. The van der Waals surface area contributed by atoms with Crippen LogP contribution in [0.4, 0.5) is 11.4 Å².